The fourth-order valence-corrected chi connectivity index (χ4v) is 3.43. The SMILES string of the molecule is CNC.O=C1CCCCN1C1CCN(c2ccc(Cl)cc2)CC1. The molecular formula is C18H28ClN3O. The van der Waals surface area contributed by atoms with Gasteiger partial charge in [-0.05, 0) is 64.0 Å². The van der Waals surface area contributed by atoms with Crippen molar-refractivity contribution >= 4 is 23.2 Å². The van der Waals surface area contributed by atoms with Crippen molar-refractivity contribution in [2.75, 3.05) is 38.6 Å². The quantitative estimate of drug-likeness (QED) is 0.900. The van der Waals surface area contributed by atoms with Crippen LogP contribution in [-0.4, -0.2) is 50.6 Å². The molecule has 1 amide bonds. The normalized spacial score (nSPS) is 19.3. The molecule has 0 aliphatic carbocycles. The molecule has 0 atom stereocenters. The lowest BCUT2D eigenvalue weighted by Gasteiger charge is -2.41. The molecule has 23 heavy (non-hydrogen) atoms. The van der Waals surface area contributed by atoms with Crippen molar-refractivity contribution in [1.29, 1.82) is 0 Å². The molecule has 2 saturated heterocycles. The van der Waals surface area contributed by atoms with Crippen LogP contribution in [0.1, 0.15) is 32.1 Å². The van der Waals surface area contributed by atoms with Gasteiger partial charge in [0.2, 0.25) is 5.91 Å². The molecule has 0 unspecified atom stereocenters. The van der Waals surface area contributed by atoms with Crippen LogP contribution in [0.3, 0.4) is 0 Å². The molecule has 0 radical (unpaired) electrons. The van der Waals surface area contributed by atoms with Gasteiger partial charge in [0.1, 0.15) is 0 Å². The molecule has 1 aromatic rings. The van der Waals surface area contributed by atoms with Gasteiger partial charge in [-0.25, -0.2) is 0 Å². The Morgan fingerprint density at radius 3 is 2.22 bits per heavy atom. The van der Waals surface area contributed by atoms with Gasteiger partial charge in [-0.15, -0.1) is 0 Å². The number of carbonyl (C=O) groups is 1. The molecular weight excluding hydrogens is 310 g/mol. The Kier molecular flexibility index (Phi) is 7.18. The number of nitrogens with zero attached hydrogens (tertiary/aromatic N) is 2. The maximum Gasteiger partial charge on any atom is 0.222 e. The molecule has 128 valence electrons. The van der Waals surface area contributed by atoms with Crippen LogP contribution in [-0.2, 0) is 4.79 Å². The van der Waals surface area contributed by atoms with Gasteiger partial charge in [0.05, 0.1) is 0 Å². The summed E-state index contributed by atoms with van der Waals surface area (Å²) in [5.74, 6) is 0.362. The topological polar surface area (TPSA) is 35.6 Å². The molecule has 2 aliphatic rings. The van der Waals surface area contributed by atoms with Gasteiger partial charge in [0, 0.05) is 42.8 Å². The summed E-state index contributed by atoms with van der Waals surface area (Å²) >= 11 is 5.93. The molecule has 2 aliphatic heterocycles. The summed E-state index contributed by atoms with van der Waals surface area (Å²) in [7, 11) is 3.75. The van der Waals surface area contributed by atoms with Crippen LogP contribution in [0.5, 0.6) is 0 Å². The third-order valence-corrected chi connectivity index (χ3v) is 4.71. The fourth-order valence-electron chi connectivity index (χ4n) is 3.30. The van der Waals surface area contributed by atoms with E-state index in [0.29, 0.717) is 11.9 Å². The van der Waals surface area contributed by atoms with Crippen LogP contribution < -0.4 is 10.2 Å². The number of benzene rings is 1. The van der Waals surface area contributed by atoms with Crippen molar-refractivity contribution in [3.63, 3.8) is 0 Å². The van der Waals surface area contributed by atoms with Gasteiger partial charge >= 0.3 is 0 Å². The zero-order chi connectivity index (χ0) is 16.7. The van der Waals surface area contributed by atoms with Crippen molar-refractivity contribution in [2.24, 2.45) is 0 Å². The largest absolute Gasteiger partial charge is 0.371 e. The van der Waals surface area contributed by atoms with Gasteiger partial charge in [0.15, 0.2) is 0 Å². The minimum Gasteiger partial charge on any atom is -0.371 e. The predicted octanol–water partition coefficient (Wildman–Crippen LogP) is 3.16. The van der Waals surface area contributed by atoms with Gasteiger partial charge in [0.25, 0.3) is 0 Å². The number of carbonyl (C=O) groups excluding carboxylic acids is 1. The number of anilines is 1. The van der Waals surface area contributed by atoms with Gasteiger partial charge in [-0.1, -0.05) is 11.6 Å². The number of rotatable bonds is 2. The van der Waals surface area contributed by atoms with Crippen LogP contribution in [0.2, 0.25) is 5.02 Å². The Morgan fingerprint density at radius 1 is 1.04 bits per heavy atom. The number of hydrogen-bond donors (Lipinski definition) is 1. The van der Waals surface area contributed by atoms with Crippen LogP contribution in [0, 0.1) is 0 Å². The first-order chi connectivity index (χ1) is 11.2. The van der Waals surface area contributed by atoms with Crippen molar-refractivity contribution in [3.8, 4) is 0 Å². The molecule has 2 fully saturated rings. The number of amides is 1. The summed E-state index contributed by atoms with van der Waals surface area (Å²) in [6, 6.07) is 8.49. The van der Waals surface area contributed by atoms with Crippen LogP contribution in [0.25, 0.3) is 0 Å². The Balaban J connectivity index is 0.000000595. The zero-order valence-electron chi connectivity index (χ0n) is 14.2. The lowest BCUT2D eigenvalue weighted by Crippen LogP contribution is -2.49. The summed E-state index contributed by atoms with van der Waals surface area (Å²) < 4.78 is 0. The summed E-state index contributed by atoms with van der Waals surface area (Å²) in [5.41, 5.74) is 1.23. The Labute approximate surface area is 144 Å². The zero-order valence-corrected chi connectivity index (χ0v) is 15.0. The summed E-state index contributed by atoms with van der Waals surface area (Å²) in [6.07, 6.45) is 5.14. The third-order valence-electron chi connectivity index (χ3n) is 4.46. The van der Waals surface area contributed by atoms with Gasteiger partial charge in [-0.3, -0.25) is 4.79 Å². The average Bonchev–Trinajstić information content (AvgIpc) is 2.57. The number of nitrogens with one attached hydrogen (secondary N) is 1. The average molecular weight is 338 g/mol. The number of hydrogen-bond acceptors (Lipinski definition) is 3. The van der Waals surface area contributed by atoms with E-state index in [1.54, 1.807) is 0 Å². The molecule has 0 saturated carbocycles. The van der Waals surface area contributed by atoms with Crippen LogP contribution in [0.15, 0.2) is 24.3 Å². The van der Waals surface area contributed by atoms with E-state index in [9.17, 15) is 4.79 Å². The predicted molar refractivity (Wildman–Crippen MR) is 97.2 cm³/mol. The summed E-state index contributed by atoms with van der Waals surface area (Å²) in [5, 5.41) is 3.53. The number of piperidine rings is 2. The van der Waals surface area contributed by atoms with Crippen molar-refractivity contribution in [1.82, 2.24) is 10.2 Å². The molecule has 3 rings (SSSR count). The first-order valence-electron chi connectivity index (χ1n) is 8.54. The minimum absolute atomic E-state index is 0.362. The van der Waals surface area contributed by atoms with E-state index in [-0.39, 0.29) is 0 Å². The van der Waals surface area contributed by atoms with Gasteiger partial charge in [-0.2, -0.15) is 0 Å². The molecule has 0 spiro atoms. The Bertz CT molecular complexity index is 484. The van der Waals surface area contributed by atoms with E-state index in [1.807, 2.05) is 26.2 Å². The number of likely N-dealkylation sites (tertiary alicyclic amines) is 1. The monoisotopic (exact) mass is 337 g/mol. The van der Waals surface area contributed by atoms with Crippen LogP contribution >= 0.6 is 11.6 Å². The smallest absolute Gasteiger partial charge is 0.222 e. The first kappa shape index (κ1) is 18.1. The van der Waals surface area contributed by atoms with E-state index in [4.69, 9.17) is 11.6 Å². The second-order valence-corrected chi connectivity index (χ2v) is 6.68. The number of halogens is 1. The highest BCUT2D eigenvalue weighted by Gasteiger charge is 2.29. The second-order valence-electron chi connectivity index (χ2n) is 6.24. The lowest BCUT2D eigenvalue weighted by atomic mass is 9.99. The maximum absolute atomic E-state index is 12.0. The standard InChI is InChI=1S/C16H21ClN2O.C2H7N/c17-13-4-6-14(7-5-13)18-11-8-15(9-12-18)19-10-2-1-3-16(19)20;1-3-2/h4-7,15H,1-3,8-12H2;3H,1-2H3. The highest BCUT2D eigenvalue weighted by molar-refractivity contribution is 6.30. The first-order valence-corrected chi connectivity index (χ1v) is 8.92. The van der Waals surface area contributed by atoms with E-state index in [2.05, 4.69) is 27.2 Å². The Morgan fingerprint density at radius 2 is 1.65 bits per heavy atom. The molecule has 2 heterocycles. The third kappa shape index (κ3) is 5.11. The van der Waals surface area contributed by atoms with Crippen molar-refractivity contribution in [3.05, 3.63) is 29.3 Å². The fraction of sp³-hybridized carbons (Fsp3) is 0.611. The summed E-state index contributed by atoms with van der Waals surface area (Å²) in [4.78, 5) is 16.5. The summed E-state index contributed by atoms with van der Waals surface area (Å²) in [6.45, 7) is 3.01. The molecule has 0 bridgehead atoms. The Hall–Kier alpha value is -1.26. The lowest BCUT2D eigenvalue weighted by molar-refractivity contribution is -0.136. The van der Waals surface area contributed by atoms with E-state index < -0.39 is 0 Å². The molecule has 5 heteroatoms. The highest BCUT2D eigenvalue weighted by atomic mass is 35.5. The molecule has 0 aromatic heterocycles. The second kappa shape index (κ2) is 9.14. The maximum atomic E-state index is 12.0. The van der Waals surface area contributed by atoms with Crippen molar-refractivity contribution < 1.29 is 4.79 Å². The highest BCUT2D eigenvalue weighted by Crippen LogP contribution is 2.26. The van der Waals surface area contributed by atoms with E-state index in [1.165, 1.54) is 12.1 Å². The van der Waals surface area contributed by atoms with E-state index in [0.717, 1.165) is 50.3 Å². The molecule has 1 aromatic carbocycles. The van der Waals surface area contributed by atoms with Crippen LogP contribution in [0.4, 0.5) is 5.69 Å². The molecule has 1 N–H and O–H groups in total. The van der Waals surface area contributed by atoms with E-state index >= 15 is 0 Å². The minimum atomic E-state index is 0.362. The van der Waals surface area contributed by atoms with Gasteiger partial charge < -0.3 is 15.1 Å². The molecule has 4 nitrogen and oxygen atoms in total. The van der Waals surface area contributed by atoms with Crippen molar-refractivity contribution in [2.45, 2.75) is 38.1 Å².